The van der Waals surface area contributed by atoms with Gasteiger partial charge in [0.15, 0.2) is 53.9 Å². The highest BCUT2D eigenvalue weighted by molar-refractivity contribution is 7.20. The first-order chi connectivity index (χ1) is 59.3. The molecule has 0 saturated carbocycles. The van der Waals surface area contributed by atoms with E-state index in [1.807, 2.05) is 150 Å². The normalized spacial score (nSPS) is 11.4. The van der Waals surface area contributed by atoms with Crippen molar-refractivity contribution in [3.05, 3.63) is 275 Å². The number of hydrogen-bond acceptors (Lipinski definition) is 25. The van der Waals surface area contributed by atoms with E-state index < -0.39 is 0 Å². The van der Waals surface area contributed by atoms with E-state index in [1.54, 1.807) is 100 Å². The van der Waals surface area contributed by atoms with Crippen molar-refractivity contribution >= 4 is 111 Å². The van der Waals surface area contributed by atoms with Gasteiger partial charge in [0.05, 0.1) is 24.4 Å². The molecule has 121 heavy (non-hydrogen) atoms. The third kappa shape index (κ3) is 19.2. The summed E-state index contributed by atoms with van der Waals surface area (Å²) in [5.41, 5.74) is 19.5. The lowest BCUT2D eigenvalue weighted by Gasteiger charge is -2.09. The molecule has 15 heterocycles. The minimum absolute atomic E-state index is 0.281. The molecular formula is C90H84FN25S5. The van der Waals surface area contributed by atoms with Crippen LogP contribution in [0.25, 0.3) is 136 Å². The molecule has 0 spiro atoms. The molecular weight excluding hydrogens is 1610 g/mol. The van der Waals surface area contributed by atoms with E-state index in [0.717, 1.165) is 171 Å². The van der Waals surface area contributed by atoms with E-state index in [-0.39, 0.29) is 5.82 Å². The van der Waals surface area contributed by atoms with Gasteiger partial charge in [0.1, 0.15) is 37.5 Å². The Bertz CT molecular complexity index is 6780. The lowest BCUT2D eigenvalue weighted by Crippen LogP contribution is -2.12. The van der Waals surface area contributed by atoms with Gasteiger partial charge in [0.25, 0.3) is 0 Å². The molecule has 15 aromatic heterocycles. The summed E-state index contributed by atoms with van der Waals surface area (Å²) in [5, 5.41) is 62.7. The van der Waals surface area contributed by atoms with Crippen LogP contribution < -0.4 is 26.6 Å². The van der Waals surface area contributed by atoms with Gasteiger partial charge in [-0.1, -0.05) is 210 Å². The quantitative estimate of drug-likeness (QED) is 0.0422. The Morgan fingerprint density at radius 1 is 0.314 bits per heavy atom. The lowest BCUT2D eigenvalue weighted by molar-refractivity contribution is 0.631. The molecule has 0 saturated heterocycles. The predicted molar refractivity (Wildman–Crippen MR) is 491 cm³/mol. The van der Waals surface area contributed by atoms with Gasteiger partial charge in [-0.2, -0.15) is 0 Å². The summed E-state index contributed by atoms with van der Waals surface area (Å²) in [6, 6.07) is 59.4. The van der Waals surface area contributed by atoms with Crippen molar-refractivity contribution in [1.29, 1.82) is 0 Å². The van der Waals surface area contributed by atoms with E-state index in [0.29, 0.717) is 34.9 Å². The zero-order valence-corrected chi connectivity index (χ0v) is 71.4. The Hall–Kier alpha value is -13.7. The number of nitrogens with zero attached hydrogens (tertiary/aromatic N) is 20. The van der Waals surface area contributed by atoms with Crippen molar-refractivity contribution in [2.75, 3.05) is 39.7 Å². The van der Waals surface area contributed by atoms with E-state index in [9.17, 15) is 4.39 Å². The molecule has 5 aromatic carbocycles. The number of aromatic nitrogens is 20. The molecule has 1 atom stereocenters. The van der Waals surface area contributed by atoms with Crippen LogP contribution in [-0.2, 0) is 0 Å². The highest BCUT2D eigenvalue weighted by atomic mass is 32.1. The second kappa shape index (κ2) is 37.9. The summed E-state index contributed by atoms with van der Waals surface area (Å²) in [4.78, 5) is 27.8. The van der Waals surface area contributed by atoms with Crippen LogP contribution in [-0.4, -0.2) is 129 Å². The molecule has 0 unspecified atom stereocenters. The van der Waals surface area contributed by atoms with Crippen LogP contribution in [0, 0.1) is 5.82 Å². The third-order valence-electron chi connectivity index (χ3n) is 19.1. The number of rotatable bonds is 22. The molecule has 31 heteroatoms. The van der Waals surface area contributed by atoms with Gasteiger partial charge in [-0.05, 0) is 113 Å². The number of pyridine rings is 5. The molecule has 0 aliphatic rings. The zero-order valence-electron chi connectivity index (χ0n) is 67.3. The molecule has 606 valence electrons. The van der Waals surface area contributed by atoms with Crippen LogP contribution in [0.4, 0.5) is 30.0 Å². The second-order valence-electron chi connectivity index (χ2n) is 28.6. The molecule has 0 amide bonds. The fourth-order valence-electron chi connectivity index (χ4n) is 13.1. The molecule has 5 N–H and O–H groups in total. The Kier molecular flexibility index (Phi) is 25.4. The summed E-state index contributed by atoms with van der Waals surface area (Å²) in [6.07, 6.45) is 30.4. The first-order valence-corrected chi connectivity index (χ1v) is 43.6. The predicted octanol–water partition coefficient (Wildman–Crippen LogP) is 21.8. The van der Waals surface area contributed by atoms with Crippen LogP contribution in [0.15, 0.2) is 270 Å². The van der Waals surface area contributed by atoms with Gasteiger partial charge >= 0.3 is 0 Å². The highest BCUT2D eigenvalue weighted by Crippen LogP contribution is 2.40. The highest BCUT2D eigenvalue weighted by Gasteiger charge is 2.20. The van der Waals surface area contributed by atoms with Crippen molar-refractivity contribution in [2.45, 2.75) is 86.4 Å². The Balaban J connectivity index is 0.000000112. The number of halogens is 1. The van der Waals surface area contributed by atoms with Crippen molar-refractivity contribution in [3.8, 4) is 108 Å². The van der Waals surface area contributed by atoms with Gasteiger partial charge in [0.2, 0.25) is 0 Å². The van der Waals surface area contributed by atoms with Gasteiger partial charge in [0, 0.05) is 154 Å². The average Bonchev–Trinajstić information content (AvgIpc) is 1.71. The first-order valence-electron chi connectivity index (χ1n) is 39.5. The van der Waals surface area contributed by atoms with Crippen molar-refractivity contribution in [1.82, 2.24) is 97.9 Å². The van der Waals surface area contributed by atoms with Crippen LogP contribution >= 0.6 is 56.7 Å². The number of benzene rings is 5. The minimum atomic E-state index is -0.281. The zero-order chi connectivity index (χ0) is 83.1. The van der Waals surface area contributed by atoms with E-state index >= 15 is 0 Å². The molecule has 0 fully saturated rings. The number of hydrogen-bond donors (Lipinski definition) is 5. The smallest absolute Gasteiger partial charge is 0.183 e. The van der Waals surface area contributed by atoms with Crippen LogP contribution in [0.2, 0.25) is 0 Å². The topological polar surface area (TPSA) is 276 Å². The maximum atomic E-state index is 14.3. The molecule has 20 aromatic rings. The largest absolute Gasteiger partial charge is 0.362 e. The summed E-state index contributed by atoms with van der Waals surface area (Å²) in [7, 11) is 0. The minimum Gasteiger partial charge on any atom is -0.362 e. The van der Waals surface area contributed by atoms with Crippen LogP contribution in [0.5, 0.6) is 0 Å². The fourth-order valence-corrected chi connectivity index (χ4v) is 17.6. The van der Waals surface area contributed by atoms with Gasteiger partial charge in [-0.15, -0.1) is 51.0 Å². The van der Waals surface area contributed by atoms with Crippen molar-refractivity contribution < 1.29 is 4.39 Å². The van der Waals surface area contributed by atoms with Crippen LogP contribution in [0.3, 0.4) is 0 Å². The van der Waals surface area contributed by atoms with Crippen molar-refractivity contribution in [2.24, 2.45) is 0 Å². The number of anilines is 5. The maximum absolute atomic E-state index is 14.3. The molecule has 0 aliphatic carbocycles. The SMILES string of the molecule is CC(C)Nc1ncc(-c2cc(-c3ccccc3)c3nncn3c2)s1.CC(C)Nc1ncc(-c2cc(-c3ccccc3F)c3nncn3c2)s1.CCCNc1ncc(-c2cc(-c3ccccc3)c3nncn3c2)s1.CCNc1ncc(-c2cc(-c3ccccc3)c3nncn3c2)s1.CC[C@@H](C)Nc1ncc(-c2cc(-c3ccccc3)c3nncn3c2)s1. The van der Waals surface area contributed by atoms with E-state index in [2.05, 4.69) is 249 Å². The summed E-state index contributed by atoms with van der Waals surface area (Å²) in [5.74, 6) is -0.281. The van der Waals surface area contributed by atoms with E-state index in [4.69, 9.17) is 0 Å². The average molecular weight is 1700 g/mol. The Morgan fingerprint density at radius 3 is 0.901 bits per heavy atom. The molecule has 20 rings (SSSR count). The van der Waals surface area contributed by atoms with E-state index in [1.165, 1.54) is 6.07 Å². The lowest BCUT2D eigenvalue weighted by atomic mass is 10.0. The number of fused-ring (bicyclic) bond motifs is 5. The number of thiazole rings is 5. The fraction of sp³-hybridized carbons (Fsp3) is 0.167. The first kappa shape index (κ1) is 81.0. The van der Waals surface area contributed by atoms with Crippen molar-refractivity contribution in [3.63, 3.8) is 0 Å². The Morgan fingerprint density at radius 2 is 0.595 bits per heavy atom. The van der Waals surface area contributed by atoms with Gasteiger partial charge in [-0.3, -0.25) is 22.0 Å². The maximum Gasteiger partial charge on any atom is 0.183 e. The molecule has 25 nitrogen and oxygen atoms in total. The van der Waals surface area contributed by atoms with Gasteiger partial charge < -0.3 is 26.6 Å². The monoisotopic (exact) mass is 1690 g/mol. The third-order valence-corrected chi connectivity index (χ3v) is 24.0. The standard InChI is InChI=1S/C19H19N5S.C18H16FN5S.2C18H17N5S.C17H15N5S/c1-3-13(2)22-19-20-10-17(25-19)15-9-16(14-7-5-4-6-8-14)18-23-21-12-24(18)11-15;1-11(2)22-18-20-8-16(25-18)12-7-14(13-5-3-4-6-15(13)19)17-23-21-10-24(17)9-12;1-12(2)21-18-19-9-16(24-18)14-8-15(13-6-4-3-5-7-13)17-22-20-11-23(17)10-14;1-2-8-19-18-20-10-16(24-18)14-9-15(13-6-4-3-5-7-13)17-22-21-12-23(17)11-14;1-2-18-17-19-9-15(23-17)13-8-14(12-6-4-3-5-7-12)16-21-20-11-22(16)10-13/h4-13H,3H2,1-2H3,(H,20,22);3-11H,1-2H3,(H,20,22);3-12H,1-2H3,(H,19,21);3-7,9-12H,2,8H2,1H3,(H,19,20);3-11H,2H2,1H3,(H,18,19)/t13-;;;;/m1..../s1. The second-order valence-corrected chi connectivity index (χ2v) is 33.8. The molecule has 0 radical (unpaired) electrons. The molecule has 0 aliphatic heterocycles. The van der Waals surface area contributed by atoms with Gasteiger partial charge in [-0.25, -0.2) is 29.3 Å². The van der Waals surface area contributed by atoms with Crippen LogP contribution in [0.1, 0.15) is 68.2 Å². The summed E-state index contributed by atoms with van der Waals surface area (Å²) < 4.78 is 24.0. The summed E-state index contributed by atoms with van der Waals surface area (Å²) in [6.45, 7) is 18.7. The number of nitrogens with one attached hydrogen (secondary N) is 5. The Labute approximate surface area is 717 Å². The molecule has 0 bridgehead atoms. The summed E-state index contributed by atoms with van der Waals surface area (Å²) >= 11 is 8.20.